The fraction of sp³-hybridized carbons (Fsp3) is 0.409. The van der Waals surface area contributed by atoms with Crippen LogP contribution in [-0.2, 0) is 17.8 Å². The molecule has 0 spiro atoms. The number of hydrogen-bond acceptors (Lipinski definition) is 3. The Morgan fingerprint density at radius 2 is 1.82 bits per heavy atom. The highest BCUT2D eigenvalue weighted by Crippen LogP contribution is 2.20. The molecule has 0 radical (unpaired) electrons. The molecule has 0 amide bonds. The van der Waals surface area contributed by atoms with Crippen LogP contribution in [0.5, 0.6) is 5.75 Å². The summed E-state index contributed by atoms with van der Waals surface area (Å²) in [6.45, 7) is 7.60. The molecule has 28 heavy (non-hydrogen) atoms. The Kier molecular flexibility index (Phi) is 12.3. The number of guanidine groups is 1. The second kappa shape index (κ2) is 14.2. The van der Waals surface area contributed by atoms with Crippen molar-refractivity contribution in [3.63, 3.8) is 0 Å². The molecule has 0 aliphatic heterocycles. The Morgan fingerprint density at radius 3 is 2.54 bits per heavy atom. The summed E-state index contributed by atoms with van der Waals surface area (Å²) >= 11 is 0. The van der Waals surface area contributed by atoms with Gasteiger partial charge in [0.25, 0.3) is 0 Å². The first-order chi connectivity index (χ1) is 13.2. The number of ether oxygens (including phenoxy) is 2. The van der Waals surface area contributed by atoms with E-state index in [-0.39, 0.29) is 24.0 Å². The van der Waals surface area contributed by atoms with Crippen LogP contribution < -0.4 is 15.4 Å². The average Bonchev–Trinajstić information content (AvgIpc) is 2.69. The number of aliphatic imine (C=N–C) groups is 1. The number of nitrogens with zero attached hydrogens (tertiary/aromatic N) is 1. The summed E-state index contributed by atoms with van der Waals surface area (Å²) in [6.07, 6.45) is 0.873. The molecule has 0 saturated carbocycles. The Bertz CT molecular complexity index is 708. The molecule has 0 aliphatic carbocycles. The summed E-state index contributed by atoms with van der Waals surface area (Å²) in [6, 6.07) is 16.5. The molecule has 0 aliphatic rings. The number of aryl methyl sites for hydroxylation is 1. The Hall–Kier alpha value is -1.80. The normalized spacial score (nSPS) is 10.9. The van der Waals surface area contributed by atoms with E-state index in [4.69, 9.17) is 9.47 Å². The lowest BCUT2D eigenvalue weighted by Crippen LogP contribution is -2.36. The van der Waals surface area contributed by atoms with E-state index < -0.39 is 0 Å². The van der Waals surface area contributed by atoms with E-state index in [2.05, 4.69) is 59.8 Å². The van der Waals surface area contributed by atoms with Crippen LogP contribution in [0.3, 0.4) is 0 Å². The summed E-state index contributed by atoms with van der Waals surface area (Å²) in [5, 5.41) is 6.70. The third-order valence-electron chi connectivity index (χ3n) is 4.03. The lowest BCUT2D eigenvalue weighted by Gasteiger charge is -2.15. The van der Waals surface area contributed by atoms with Gasteiger partial charge >= 0.3 is 0 Å². The van der Waals surface area contributed by atoms with Crippen LogP contribution in [-0.4, -0.2) is 32.8 Å². The summed E-state index contributed by atoms with van der Waals surface area (Å²) in [5.41, 5.74) is 3.49. The molecule has 2 N–H and O–H groups in total. The van der Waals surface area contributed by atoms with E-state index in [1.54, 1.807) is 7.11 Å². The van der Waals surface area contributed by atoms with Gasteiger partial charge < -0.3 is 20.1 Å². The molecule has 2 rings (SSSR count). The molecule has 0 heterocycles. The highest BCUT2D eigenvalue weighted by atomic mass is 127. The molecule has 0 saturated heterocycles. The van der Waals surface area contributed by atoms with E-state index in [9.17, 15) is 0 Å². The standard InChI is InChI=1S/C22H31N3O2.HI/c1-4-23-22(24-16-19-9-6-5-7-10-19)25-17-20-12-11-18(2)15-21(20)27-14-8-13-26-3;/h5-7,9-12,15H,4,8,13-14,16-17H2,1-3H3,(H2,23,24,25);1H. The number of halogens is 1. The third kappa shape index (κ3) is 8.93. The van der Waals surface area contributed by atoms with Crippen molar-refractivity contribution in [3.05, 3.63) is 65.2 Å². The largest absolute Gasteiger partial charge is 0.493 e. The number of rotatable bonds is 10. The summed E-state index contributed by atoms with van der Waals surface area (Å²) in [5.74, 6) is 1.71. The van der Waals surface area contributed by atoms with Crippen LogP contribution in [0.2, 0.25) is 0 Å². The van der Waals surface area contributed by atoms with Crippen molar-refractivity contribution in [1.82, 2.24) is 10.6 Å². The van der Waals surface area contributed by atoms with Gasteiger partial charge in [-0.3, -0.25) is 0 Å². The monoisotopic (exact) mass is 497 g/mol. The molecular formula is C22H32IN3O2. The Morgan fingerprint density at radius 1 is 1.04 bits per heavy atom. The molecule has 0 unspecified atom stereocenters. The highest BCUT2D eigenvalue weighted by Gasteiger charge is 2.06. The molecule has 0 atom stereocenters. The zero-order valence-electron chi connectivity index (χ0n) is 17.0. The summed E-state index contributed by atoms with van der Waals surface area (Å²) in [7, 11) is 1.71. The maximum atomic E-state index is 5.96. The lowest BCUT2D eigenvalue weighted by molar-refractivity contribution is 0.172. The van der Waals surface area contributed by atoms with Crippen molar-refractivity contribution in [2.45, 2.75) is 33.4 Å². The first kappa shape index (κ1) is 24.2. The van der Waals surface area contributed by atoms with Gasteiger partial charge in [0.1, 0.15) is 5.75 Å². The molecule has 154 valence electrons. The van der Waals surface area contributed by atoms with Crippen LogP contribution in [0.1, 0.15) is 30.0 Å². The maximum Gasteiger partial charge on any atom is 0.191 e. The zero-order chi connectivity index (χ0) is 19.3. The van der Waals surface area contributed by atoms with E-state index in [0.717, 1.165) is 30.2 Å². The Balaban J connectivity index is 0.00000392. The van der Waals surface area contributed by atoms with Gasteiger partial charge in [-0.1, -0.05) is 42.5 Å². The van der Waals surface area contributed by atoms with Crippen molar-refractivity contribution < 1.29 is 9.47 Å². The average molecular weight is 497 g/mol. The van der Waals surface area contributed by atoms with Crippen LogP contribution in [0, 0.1) is 6.92 Å². The second-order valence-corrected chi connectivity index (χ2v) is 6.34. The number of benzene rings is 2. The van der Waals surface area contributed by atoms with Gasteiger partial charge in [0.2, 0.25) is 0 Å². The van der Waals surface area contributed by atoms with E-state index in [1.807, 2.05) is 18.2 Å². The minimum atomic E-state index is 0. The van der Waals surface area contributed by atoms with Crippen molar-refractivity contribution in [1.29, 1.82) is 0 Å². The van der Waals surface area contributed by atoms with Crippen LogP contribution in [0.15, 0.2) is 53.5 Å². The van der Waals surface area contributed by atoms with Crippen molar-refractivity contribution in [3.8, 4) is 5.75 Å². The quantitative estimate of drug-likeness (QED) is 0.223. The fourth-order valence-electron chi connectivity index (χ4n) is 2.60. The van der Waals surface area contributed by atoms with E-state index >= 15 is 0 Å². The molecule has 0 aromatic heterocycles. The first-order valence-electron chi connectivity index (χ1n) is 9.50. The van der Waals surface area contributed by atoms with E-state index in [0.29, 0.717) is 26.3 Å². The van der Waals surface area contributed by atoms with Crippen molar-refractivity contribution in [2.75, 3.05) is 26.9 Å². The first-order valence-corrected chi connectivity index (χ1v) is 9.50. The molecule has 2 aromatic rings. The van der Waals surface area contributed by atoms with Gasteiger partial charge in [0, 0.05) is 38.8 Å². The lowest BCUT2D eigenvalue weighted by atomic mass is 10.1. The summed E-state index contributed by atoms with van der Waals surface area (Å²) in [4.78, 5) is 4.67. The molecular weight excluding hydrogens is 465 g/mol. The van der Waals surface area contributed by atoms with Crippen LogP contribution >= 0.6 is 24.0 Å². The summed E-state index contributed by atoms with van der Waals surface area (Å²) < 4.78 is 11.0. The van der Waals surface area contributed by atoms with E-state index in [1.165, 1.54) is 11.1 Å². The van der Waals surface area contributed by atoms with Crippen LogP contribution in [0.25, 0.3) is 0 Å². The third-order valence-corrected chi connectivity index (χ3v) is 4.03. The van der Waals surface area contributed by atoms with Crippen molar-refractivity contribution >= 4 is 29.9 Å². The van der Waals surface area contributed by atoms with Crippen molar-refractivity contribution in [2.24, 2.45) is 4.99 Å². The Labute approximate surface area is 186 Å². The second-order valence-electron chi connectivity index (χ2n) is 6.34. The number of nitrogens with one attached hydrogen (secondary N) is 2. The fourth-order valence-corrected chi connectivity index (χ4v) is 2.60. The smallest absolute Gasteiger partial charge is 0.191 e. The number of methoxy groups -OCH3 is 1. The number of hydrogen-bond donors (Lipinski definition) is 2. The molecule has 5 nitrogen and oxygen atoms in total. The van der Waals surface area contributed by atoms with Gasteiger partial charge in [0.05, 0.1) is 13.2 Å². The minimum absolute atomic E-state index is 0. The molecule has 0 fully saturated rings. The predicted molar refractivity (Wildman–Crippen MR) is 127 cm³/mol. The topological polar surface area (TPSA) is 54.9 Å². The maximum absolute atomic E-state index is 5.96. The van der Waals surface area contributed by atoms with Gasteiger partial charge in [-0.2, -0.15) is 0 Å². The van der Waals surface area contributed by atoms with Gasteiger partial charge in [-0.15, -0.1) is 24.0 Å². The van der Waals surface area contributed by atoms with Gasteiger partial charge in [-0.25, -0.2) is 4.99 Å². The minimum Gasteiger partial charge on any atom is -0.493 e. The molecule has 0 bridgehead atoms. The molecule has 2 aromatic carbocycles. The van der Waals surface area contributed by atoms with Gasteiger partial charge in [0.15, 0.2) is 5.96 Å². The van der Waals surface area contributed by atoms with Gasteiger partial charge in [-0.05, 0) is 31.0 Å². The predicted octanol–water partition coefficient (Wildman–Crippen LogP) is 4.28. The highest BCUT2D eigenvalue weighted by molar-refractivity contribution is 14.0. The van der Waals surface area contributed by atoms with Crippen LogP contribution in [0.4, 0.5) is 0 Å². The zero-order valence-corrected chi connectivity index (χ0v) is 19.4. The SMILES string of the molecule is CCNC(=NCc1ccccc1)NCc1ccc(C)cc1OCCCOC.I. The molecule has 6 heteroatoms.